The molecule has 0 aliphatic carbocycles. The highest BCUT2D eigenvalue weighted by Crippen LogP contribution is 2.18. The summed E-state index contributed by atoms with van der Waals surface area (Å²) in [5.41, 5.74) is 1.16. The Morgan fingerprint density at radius 1 is 1.13 bits per heavy atom. The van der Waals surface area contributed by atoms with Crippen molar-refractivity contribution in [2.75, 3.05) is 13.1 Å². The van der Waals surface area contributed by atoms with Crippen LogP contribution in [0.4, 0.5) is 0 Å². The topological polar surface area (TPSA) is 96.4 Å². The lowest BCUT2D eigenvalue weighted by Crippen LogP contribution is -2.30. The minimum Gasteiger partial charge on any atom is -0.462 e. The molecule has 0 saturated carbocycles. The Labute approximate surface area is 181 Å². The van der Waals surface area contributed by atoms with E-state index in [4.69, 9.17) is 4.42 Å². The maximum Gasteiger partial charge on any atom is 0.220 e. The van der Waals surface area contributed by atoms with Crippen molar-refractivity contribution in [3.8, 4) is 0 Å². The number of fused-ring (bicyclic) bond motifs is 1. The van der Waals surface area contributed by atoms with Crippen molar-refractivity contribution in [3.05, 3.63) is 71.2 Å². The first kappa shape index (κ1) is 21.3. The first-order valence-corrected chi connectivity index (χ1v) is 10.8. The lowest BCUT2D eigenvalue weighted by atomic mass is 10.1. The Morgan fingerprint density at radius 3 is 2.71 bits per heavy atom. The molecule has 8 heteroatoms. The van der Waals surface area contributed by atoms with Gasteiger partial charge in [-0.1, -0.05) is 30.3 Å². The number of hydrogen-bond acceptors (Lipinski definition) is 6. The fourth-order valence-electron chi connectivity index (χ4n) is 3.96. The highest BCUT2D eigenvalue weighted by atomic mass is 16.4. The zero-order valence-corrected chi connectivity index (χ0v) is 17.8. The van der Waals surface area contributed by atoms with Crippen molar-refractivity contribution in [1.29, 1.82) is 0 Å². The molecule has 164 valence electrons. The zero-order valence-electron chi connectivity index (χ0n) is 17.8. The van der Waals surface area contributed by atoms with Crippen molar-refractivity contribution in [2.45, 2.75) is 51.9 Å². The Balaban J connectivity index is 1.32. The summed E-state index contributed by atoms with van der Waals surface area (Å²) >= 11 is 0. The molecule has 2 aromatic heterocycles. The molecule has 1 unspecified atom stereocenters. The molecule has 4 rings (SSSR count). The number of aromatic nitrogens is 3. The van der Waals surface area contributed by atoms with E-state index in [9.17, 15) is 9.90 Å². The number of hydrogen-bond donors (Lipinski definition) is 2. The number of aryl methyl sites for hydroxylation is 1. The average Bonchev–Trinajstić information content (AvgIpc) is 3.36. The first-order valence-electron chi connectivity index (χ1n) is 10.8. The van der Waals surface area contributed by atoms with Crippen LogP contribution in [-0.2, 0) is 37.3 Å². The summed E-state index contributed by atoms with van der Waals surface area (Å²) in [4.78, 5) is 14.7. The maximum atomic E-state index is 12.4. The number of carbonyl (C=O) groups excluding carboxylic acids is 1. The monoisotopic (exact) mass is 423 g/mol. The third kappa shape index (κ3) is 5.39. The molecule has 1 aliphatic heterocycles. The first-order chi connectivity index (χ1) is 15.1. The Bertz CT molecular complexity index is 998. The Morgan fingerprint density at radius 2 is 1.94 bits per heavy atom. The summed E-state index contributed by atoms with van der Waals surface area (Å²) < 4.78 is 7.75. The fraction of sp³-hybridized carbons (Fsp3) is 0.435. The molecule has 1 aromatic carbocycles. The van der Waals surface area contributed by atoms with Gasteiger partial charge in [-0.15, -0.1) is 10.2 Å². The predicted octanol–water partition coefficient (Wildman–Crippen LogP) is 2.23. The number of aliphatic hydroxyl groups is 1. The zero-order chi connectivity index (χ0) is 21.6. The molecule has 3 heterocycles. The average molecular weight is 424 g/mol. The minimum atomic E-state index is -0.201. The van der Waals surface area contributed by atoms with Crippen molar-refractivity contribution in [1.82, 2.24) is 25.0 Å². The Kier molecular flexibility index (Phi) is 6.79. The fourth-order valence-corrected chi connectivity index (χ4v) is 3.96. The minimum absolute atomic E-state index is 0.0152. The van der Waals surface area contributed by atoms with Crippen LogP contribution in [-0.4, -0.2) is 43.8 Å². The van der Waals surface area contributed by atoms with Gasteiger partial charge in [-0.25, -0.2) is 0 Å². The van der Waals surface area contributed by atoms with Gasteiger partial charge in [0.2, 0.25) is 5.91 Å². The summed E-state index contributed by atoms with van der Waals surface area (Å²) in [5, 5.41) is 21.0. The summed E-state index contributed by atoms with van der Waals surface area (Å²) in [5.74, 6) is 3.19. The van der Waals surface area contributed by atoms with Gasteiger partial charge in [0.1, 0.15) is 24.0 Å². The van der Waals surface area contributed by atoms with Crippen LogP contribution in [0.3, 0.4) is 0 Å². The standard InChI is InChI=1S/C23H29N5O3/c1-17(24-22(30)10-7-18-5-3-2-4-6-18)23-26-25-21-11-12-27(13-14-28(21)23)15-19-8-9-20(16-29)31-19/h2-6,8-9,17,29H,7,10-16H2,1H3,(H,24,30). The van der Waals surface area contributed by atoms with Gasteiger partial charge in [-0.2, -0.15) is 0 Å². The maximum absolute atomic E-state index is 12.4. The van der Waals surface area contributed by atoms with E-state index in [1.54, 1.807) is 0 Å². The molecule has 1 amide bonds. The van der Waals surface area contributed by atoms with Gasteiger partial charge in [-0.05, 0) is 31.0 Å². The lowest BCUT2D eigenvalue weighted by molar-refractivity contribution is -0.121. The van der Waals surface area contributed by atoms with Crippen LogP contribution in [0.5, 0.6) is 0 Å². The van der Waals surface area contributed by atoms with E-state index < -0.39 is 0 Å². The van der Waals surface area contributed by atoms with Crippen LogP contribution in [0.1, 0.15) is 48.1 Å². The molecule has 1 aliphatic rings. The van der Waals surface area contributed by atoms with Crippen LogP contribution >= 0.6 is 0 Å². The number of carbonyl (C=O) groups is 1. The smallest absolute Gasteiger partial charge is 0.220 e. The molecular weight excluding hydrogens is 394 g/mol. The summed E-state index contributed by atoms with van der Waals surface area (Å²) in [7, 11) is 0. The van der Waals surface area contributed by atoms with Crippen LogP contribution in [0, 0.1) is 0 Å². The molecular formula is C23H29N5O3. The molecule has 31 heavy (non-hydrogen) atoms. The van der Waals surface area contributed by atoms with Gasteiger partial charge in [0.15, 0.2) is 5.82 Å². The summed E-state index contributed by atoms with van der Waals surface area (Å²) in [6.07, 6.45) is 1.95. The highest BCUT2D eigenvalue weighted by Gasteiger charge is 2.23. The predicted molar refractivity (Wildman–Crippen MR) is 115 cm³/mol. The molecule has 8 nitrogen and oxygen atoms in total. The van der Waals surface area contributed by atoms with Crippen molar-refractivity contribution in [3.63, 3.8) is 0 Å². The molecule has 0 spiro atoms. The lowest BCUT2D eigenvalue weighted by Gasteiger charge is -2.19. The number of amides is 1. The third-order valence-electron chi connectivity index (χ3n) is 5.65. The van der Waals surface area contributed by atoms with Crippen LogP contribution in [0.15, 0.2) is 46.9 Å². The highest BCUT2D eigenvalue weighted by molar-refractivity contribution is 5.76. The van der Waals surface area contributed by atoms with Gasteiger partial charge >= 0.3 is 0 Å². The second-order valence-electron chi connectivity index (χ2n) is 7.95. The van der Waals surface area contributed by atoms with Crippen LogP contribution in [0.25, 0.3) is 0 Å². The number of furan rings is 1. The number of nitrogens with one attached hydrogen (secondary N) is 1. The molecule has 2 N–H and O–H groups in total. The number of benzene rings is 1. The second kappa shape index (κ2) is 9.89. The van der Waals surface area contributed by atoms with E-state index >= 15 is 0 Å². The van der Waals surface area contributed by atoms with Gasteiger partial charge in [0.05, 0.1) is 12.6 Å². The molecule has 3 aromatic rings. The molecule has 0 bridgehead atoms. The van der Waals surface area contributed by atoms with E-state index in [0.717, 1.165) is 55.4 Å². The Hall–Kier alpha value is -2.97. The molecule has 0 saturated heterocycles. The quantitative estimate of drug-likeness (QED) is 0.577. The largest absolute Gasteiger partial charge is 0.462 e. The van der Waals surface area contributed by atoms with E-state index in [1.165, 1.54) is 0 Å². The third-order valence-corrected chi connectivity index (χ3v) is 5.65. The van der Waals surface area contributed by atoms with Crippen molar-refractivity contribution in [2.24, 2.45) is 0 Å². The number of nitrogens with zero attached hydrogens (tertiary/aromatic N) is 4. The second-order valence-corrected chi connectivity index (χ2v) is 7.95. The van der Waals surface area contributed by atoms with Crippen LogP contribution < -0.4 is 5.32 Å². The van der Waals surface area contributed by atoms with Gasteiger partial charge in [0.25, 0.3) is 0 Å². The van der Waals surface area contributed by atoms with Crippen LogP contribution in [0.2, 0.25) is 0 Å². The van der Waals surface area contributed by atoms with Gasteiger partial charge in [0, 0.05) is 32.5 Å². The van der Waals surface area contributed by atoms with Crippen molar-refractivity contribution < 1.29 is 14.3 Å². The number of rotatable bonds is 8. The van der Waals surface area contributed by atoms with Gasteiger partial charge in [-0.3, -0.25) is 9.69 Å². The number of aliphatic hydroxyl groups excluding tert-OH is 1. The van der Waals surface area contributed by atoms with E-state index in [1.807, 2.05) is 49.4 Å². The van der Waals surface area contributed by atoms with E-state index in [2.05, 4.69) is 25.0 Å². The normalized spacial score (nSPS) is 15.3. The SMILES string of the molecule is CC(NC(=O)CCc1ccccc1)c1nnc2n1CCN(Cc1ccc(CO)o1)CC2. The molecule has 1 atom stereocenters. The van der Waals surface area contributed by atoms with Gasteiger partial charge < -0.3 is 19.4 Å². The van der Waals surface area contributed by atoms with E-state index in [-0.39, 0.29) is 18.6 Å². The molecule has 0 fully saturated rings. The van der Waals surface area contributed by atoms with Crippen molar-refractivity contribution >= 4 is 5.91 Å². The summed E-state index contributed by atoms with van der Waals surface area (Å²) in [6.45, 7) is 5.01. The van der Waals surface area contributed by atoms with E-state index in [0.29, 0.717) is 18.7 Å². The summed E-state index contributed by atoms with van der Waals surface area (Å²) in [6, 6.07) is 13.5. The molecule has 0 radical (unpaired) electrons.